The number of nitrogens with one attached hydrogen (secondary N) is 1. The van der Waals surface area contributed by atoms with Crippen LogP contribution in [0.2, 0.25) is 0 Å². The number of urea groups is 1. The maximum absolute atomic E-state index is 10.6. The zero-order chi connectivity index (χ0) is 12.3. The number of rotatable bonds is 2. The SMILES string of the molecule is NC(=O)Nc1ccc(-c2ccnc(O)c2)cc1. The van der Waals surface area contributed by atoms with Crippen molar-refractivity contribution < 1.29 is 9.90 Å². The number of nitrogens with two attached hydrogens (primary N) is 1. The Hall–Kier alpha value is -2.56. The Morgan fingerprint density at radius 3 is 2.47 bits per heavy atom. The Kier molecular flexibility index (Phi) is 2.91. The quantitative estimate of drug-likeness (QED) is 0.735. The topological polar surface area (TPSA) is 88.2 Å². The van der Waals surface area contributed by atoms with E-state index in [0.717, 1.165) is 11.1 Å². The fraction of sp³-hybridized carbons (Fsp3) is 0. The second-order valence-electron chi connectivity index (χ2n) is 3.47. The Labute approximate surface area is 97.9 Å². The van der Waals surface area contributed by atoms with E-state index in [9.17, 15) is 9.90 Å². The largest absolute Gasteiger partial charge is 0.493 e. The number of carbonyl (C=O) groups excluding carboxylic acids is 1. The fourth-order valence-corrected chi connectivity index (χ4v) is 1.49. The van der Waals surface area contributed by atoms with Gasteiger partial charge in [-0.2, -0.15) is 0 Å². The van der Waals surface area contributed by atoms with Gasteiger partial charge >= 0.3 is 6.03 Å². The summed E-state index contributed by atoms with van der Waals surface area (Å²) in [6.45, 7) is 0. The average molecular weight is 229 g/mol. The molecule has 0 saturated heterocycles. The predicted molar refractivity (Wildman–Crippen MR) is 64.5 cm³/mol. The molecular formula is C12H11N3O2. The van der Waals surface area contributed by atoms with E-state index in [-0.39, 0.29) is 5.88 Å². The number of pyridine rings is 1. The van der Waals surface area contributed by atoms with Gasteiger partial charge in [0.2, 0.25) is 5.88 Å². The van der Waals surface area contributed by atoms with Gasteiger partial charge in [0.1, 0.15) is 0 Å². The number of nitrogens with zero attached hydrogens (tertiary/aromatic N) is 1. The summed E-state index contributed by atoms with van der Waals surface area (Å²) in [4.78, 5) is 14.3. The lowest BCUT2D eigenvalue weighted by molar-refractivity contribution is 0.259. The zero-order valence-electron chi connectivity index (χ0n) is 8.92. The predicted octanol–water partition coefficient (Wildman–Crippen LogP) is 1.94. The van der Waals surface area contributed by atoms with Gasteiger partial charge in [-0.1, -0.05) is 12.1 Å². The first kappa shape index (κ1) is 10.9. The molecular weight excluding hydrogens is 218 g/mol. The van der Waals surface area contributed by atoms with Gasteiger partial charge in [0.05, 0.1) is 0 Å². The van der Waals surface area contributed by atoms with Crippen molar-refractivity contribution in [2.45, 2.75) is 0 Å². The summed E-state index contributed by atoms with van der Waals surface area (Å²) < 4.78 is 0. The van der Waals surface area contributed by atoms with Gasteiger partial charge in [-0.05, 0) is 29.3 Å². The Morgan fingerprint density at radius 2 is 1.88 bits per heavy atom. The highest BCUT2D eigenvalue weighted by molar-refractivity contribution is 5.88. The van der Waals surface area contributed by atoms with Crippen molar-refractivity contribution in [3.8, 4) is 17.0 Å². The molecule has 0 fully saturated rings. The van der Waals surface area contributed by atoms with Crippen LogP contribution in [0, 0.1) is 0 Å². The molecule has 0 aliphatic rings. The van der Waals surface area contributed by atoms with Crippen molar-refractivity contribution in [1.29, 1.82) is 0 Å². The molecule has 0 bridgehead atoms. The number of aromatic hydroxyl groups is 1. The van der Waals surface area contributed by atoms with Gasteiger partial charge in [0.25, 0.3) is 0 Å². The molecule has 17 heavy (non-hydrogen) atoms. The van der Waals surface area contributed by atoms with Gasteiger partial charge in [-0.3, -0.25) is 0 Å². The van der Waals surface area contributed by atoms with Crippen LogP contribution < -0.4 is 11.1 Å². The van der Waals surface area contributed by atoms with Crippen LogP contribution in [0.3, 0.4) is 0 Å². The van der Waals surface area contributed by atoms with Crippen molar-refractivity contribution in [3.05, 3.63) is 42.6 Å². The monoisotopic (exact) mass is 229 g/mol. The average Bonchev–Trinajstić information content (AvgIpc) is 2.29. The van der Waals surface area contributed by atoms with Gasteiger partial charge < -0.3 is 16.2 Å². The number of aromatic nitrogens is 1. The van der Waals surface area contributed by atoms with Crippen LogP contribution >= 0.6 is 0 Å². The highest BCUT2D eigenvalue weighted by Crippen LogP contribution is 2.23. The number of hydrogen-bond donors (Lipinski definition) is 3. The van der Waals surface area contributed by atoms with E-state index in [1.807, 2.05) is 12.1 Å². The van der Waals surface area contributed by atoms with Crippen LogP contribution in [0.5, 0.6) is 5.88 Å². The number of anilines is 1. The van der Waals surface area contributed by atoms with Crippen LogP contribution in [-0.4, -0.2) is 16.1 Å². The van der Waals surface area contributed by atoms with Gasteiger partial charge in [-0.15, -0.1) is 0 Å². The molecule has 0 aliphatic carbocycles. The Balaban J connectivity index is 2.26. The minimum Gasteiger partial charge on any atom is -0.493 e. The third-order valence-electron chi connectivity index (χ3n) is 2.23. The summed E-state index contributed by atoms with van der Waals surface area (Å²) in [5.41, 5.74) is 7.39. The molecule has 5 nitrogen and oxygen atoms in total. The molecule has 0 saturated carbocycles. The van der Waals surface area contributed by atoms with Crippen molar-refractivity contribution in [2.24, 2.45) is 5.73 Å². The van der Waals surface area contributed by atoms with E-state index < -0.39 is 6.03 Å². The maximum atomic E-state index is 10.6. The minimum atomic E-state index is -0.598. The number of benzene rings is 1. The molecule has 2 aromatic rings. The first-order chi connectivity index (χ1) is 8.15. The van der Waals surface area contributed by atoms with Crippen LogP contribution in [0.1, 0.15) is 0 Å². The lowest BCUT2D eigenvalue weighted by Gasteiger charge is -2.04. The first-order valence-electron chi connectivity index (χ1n) is 4.97. The van der Waals surface area contributed by atoms with E-state index in [0.29, 0.717) is 5.69 Å². The third-order valence-corrected chi connectivity index (χ3v) is 2.23. The maximum Gasteiger partial charge on any atom is 0.316 e. The van der Waals surface area contributed by atoms with Crippen LogP contribution in [0.4, 0.5) is 10.5 Å². The molecule has 0 aliphatic heterocycles. The second-order valence-corrected chi connectivity index (χ2v) is 3.47. The molecule has 5 heteroatoms. The van der Waals surface area contributed by atoms with Crippen molar-refractivity contribution in [2.75, 3.05) is 5.32 Å². The minimum absolute atomic E-state index is 0.0261. The lowest BCUT2D eigenvalue weighted by atomic mass is 10.1. The van der Waals surface area contributed by atoms with E-state index in [2.05, 4.69) is 10.3 Å². The van der Waals surface area contributed by atoms with Crippen LogP contribution in [0.15, 0.2) is 42.6 Å². The standard InChI is InChI=1S/C12H11N3O2/c13-12(17)15-10-3-1-8(2-4-10)9-5-6-14-11(16)7-9/h1-7H,(H,14,16)(H3,13,15,17). The van der Waals surface area contributed by atoms with E-state index in [1.165, 1.54) is 6.20 Å². The molecule has 4 N–H and O–H groups in total. The summed E-state index contributed by atoms with van der Waals surface area (Å²) in [5, 5.41) is 11.7. The van der Waals surface area contributed by atoms with Crippen molar-refractivity contribution in [1.82, 2.24) is 4.98 Å². The third kappa shape index (κ3) is 2.72. The van der Waals surface area contributed by atoms with Gasteiger partial charge in [0.15, 0.2) is 0 Å². The molecule has 1 aromatic carbocycles. The molecule has 0 spiro atoms. The van der Waals surface area contributed by atoms with Crippen molar-refractivity contribution >= 4 is 11.7 Å². The second kappa shape index (κ2) is 4.52. The number of amides is 2. The zero-order valence-corrected chi connectivity index (χ0v) is 8.92. The summed E-state index contributed by atoms with van der Waals surface area (Å²) in [7, 11) is 0. The van der Waals surface area contributed by atoms with E-state index in [1.54, 1.807) is 24.3 Å². The number of hydrogen-bond acceptors (Lipinski definition) is 3. The molecule has 2 amide bonds. The molecule has 0 unspecified atom stereocenters. The molecule has 2 rings (SSSR count). The summed E-state index contributed by atoms with van der Waals surface area (Å²) >= 11 is 0. The Bertz CT molecular complexity index is 538. The van der Waals surface area contributed by atoms with E-state index in [4.69, 9.17) is 5.73 Å². The highest BCUT2D eigenvalue weighted by atomic mass is 16.3. The van der Waals surface area contributed by atoms with E-state index >= 15 is 0 Å². The fourth-order valence-electron chi connectivity index (χ4n) is 1.49. The number of primary amides is 1. The first-order valence-corrected chi connectivity index (χ1v) is 4.97. The van der Waals surface area contributed by atoms with Gasteiger partial charge in [-0.25, -0.2) is 9.78 Å². The number of carbonyl (C=O) groups is 1. The molecule has 1 aromatic heterocycles. The normalized spacial score (nSPS) is 9.88. The smallest absolute Gasteiger partial charge is 0.316 e. The molecule has 1 heterocycles. The Morgan fingerprint density at radius 1 is 1.18 bits per heavy atom. The van der Waals surface area contributed by atoms with Crippen molar-refractivity contribution in [3.63, 3.8) is 0 Å². The summed E-state index contributed by atoms with van der Waals surface area (Å²) in [6, 6.07) is 9.86. The summed E-state index contributed by atoms with van der Waals surface area (Å²) in [5.74, 6) is -0.0261. The van der Waals surface area contributed by atoms with Crippen LogP contribution in [0.25, 0.3) is 11.1 Å². The molecule has 86 valence electrons. The molecule has 0 radical (unpaired) electrons. The van der Waals surface area contributed by atoms with Crippen LogP contribution in [-0.2, 0) is 0 Å². The molecule has 0 atom stereocenters. The summed E-state index contributed by atoms with van der Waals surface area (Å²) in [6.07, 6.45) is 1.53. The lowest BCUT2D eigenvalue weighted by Crippen LogP contribution is -2.19. The van der Waals surface area contributed by atoms with Gasteiger partial charge in [0, 0.05) is 18.0 Å². The highest BCUT2D eigenvalue weighted by Gasteiger charge is 2.00.